The van der Waals surface area contributed by atoms with Gasteiger partial charge in [0.05, 0.1) is 13.2 Å². The molecule has 0 spiro atoms. The Morgan fingerprint density at radius 3 is 2.62 bits per heavy atom. The van der Waals surface area contributed by atoms with Crippen LogP contribution in [-0.2, 0) is 0 Å². The highest BCUT2D eigenvalue weighted by Crippen LogP contribution is 2.35. The molecule has 0 atom stereocenters. The Hall–Kier alpha value is -3.75. The largest absolute Gasteiger partial charge is 0.490 e. The fourth-order valence-corrected chi connectivity index (χ4v) is 2.78. The number of nitrogens with one attached hydrogen (secondary N) is 1. The van der Waals surface area contributed by atoms with E-state index in [9.17, 15) is 4.79 Å². The molecule has 2 aromatic carbocycles. The number of amides is 1. The lowest BCUT2D eigenvalue weighted by Crippen LogP contribution is -2.12. The van der Waals surface area contributed by atoms with Crippen LogP contribution in [0.15, 0.2) is 40.8 Å². The first-order valence-corrected chi connectivity index (χ1v) is 9.12. The first-order valence-electron chi connectivity index (χ1n) is 9.12. The number of fused-ring (bicyclic) bond motifs is 1. The summed E-state index contributed by atoms with van der Waals surface area (Å²) in [4.78, 5) is 12.6. The van der Waals surface area contributed by atoms with Crippen LogP contribution in [0.25, 0.3) is 11.5 Å². The maximum absolute atomic E-state index is 12.6. The minimum Gasteiger partial charge on any atom is -0.490 e. The van der Waals surface area contributed by atoms with Gasteiger partial charge in [0.25, 0.3) is 5.91 Å². The smallest absolute Gasteiger partial charge is 0.322 e. The van der Waals surface area contributed by atoms with Crippen molar-refractivity contribution in [2.75, 3.05) is 25.3 Å². The van der Waals surface area contributed by atoms with Crippen molar-refractivity contribution in [1.82, 2.24) is 10.2 Å². The Labute approximate surface area is 166 Å². The highest BCUT2D eigenvalue weighted by Gasteiger charge is 2.18. The number of carbonyl (C=O) groups excluding carboxylic acids is 1. The molecule has 3 aromatic rings. The lowest BCUT2D eigenvalue weighted by Gasteiger charge is -2.11. The topological polar surface area (TPSA) is 105 Å². The molecule has 1 amide bonds. The van der Waals surface area contributed by atoms with Crippen molar-refractivity contribution in [3.8, 4) is 34.5 Å². The van der Waals surface area contributed by atoms with Crippen LogP contribution in [0.1, 0.15) is 24.2 Å². The van der Waals surface area contributed by atoms with Gasteiger partial charge in [-0.3, -0.25) is 10.1 Å². The van der Waals surface area contributed by atoms with Gasteiger partial charge in [0.1, 0.15) is 0 Å². The Bertz CT molecular complexity index is 1030. The Kier molecular flexibility index (Phi) is 5.19. The van der Waals surface area contributed by atoms with Crippen molar-refractivity contribution in [3.05, 3.63) is 42.0 Å². The summed E-state index contributed by atoms with van der Waals surface area (Å²) in [5.74, 6) is 2.17. The van der Waals surface area contributed by atoms with E-state index in [4.69, 9.17) is 23.4 Å². The third-order valence-corrected chi connectivity index (χ3v) is 4.07. The predicted molar refractivity (Wildman–Crippen MR) is 103 cm³/mol. The number of carbonyl (C=O) groups is 1. The van der Waals surface area contributed by atoms with E-state index >= 15 is 0 Å². The van der Waals surface area contributed by atoms with E-state index in [1.54, 1.807) is 36.4 Å². The number of rotatable bonds is 7. The Morgan fingerprint density at radius 1 is 1.00 bits per heavy atom. The zero-order chi connectivity index (χ0) is 20.2. The summed E-state index contributed by atoms with van der Waals surface area (Å²) < 4.78 is 27.2. The molecule has 9 heteroatoms. The van der Waals surface area contributed by atoms with Gasteiger partial charge in [0.15, 0.2) is 23.0 Å². The normalized spacial score (nSPS) is 11.9. The van der Waals surface area contributed by atoms with Crippen molar-refractivity contribution < 1.29 is 28.2 Å². The molecule has 0 bridgehead atoms. The van der Waals surface area contributed by atoms with Crippen LogP contribution in [0, 0.1) is 0 Å². The van der Waals surface area contributed by atoms with Crippen LogP contribution >= 0.6 is 0 Å². The molecule has 29 heavy (non-hydrogen) atoms. The van der Waals surface area contributed by atoms with E-state index in [0.717, 1.165) is 0 Å². The van der Waals surface area contributed by atoms with Gasteiger partial charge in [-0.25, -0.2) is 0 Å². The second-order valence-electron chi connectivity index (χ2n) is 5.96. The Morgan fingerprint density at radius 2 is 1.79 bits per heavy atom. The van der Waals surface area contributed by atoms with Crippen LogP contribution in [-0.4, -0.2) is 36.1 Å². The van der Waals surface area contributed by atoms with Crippen molar-refractivity contribution in [2.24, 2.45) is 0 Å². The quantitative estimate of drug-likeness (QED) is 0.646. The van der Waals surface area contributed by atoms with Crippen molar-refractivity contribution in [3.63, 3.8) is 0 Å². The summed E-state index contributed by atoms with van der Waals surface area (Å²) in [6.07, 6.45) is 0. The minimum atomic E-state index is -0.408. The van der Waals surface area contributed by atoms with Gasteiger partial charge in [0, 0.05) is 11.1 Å². The van der Waals surface area contributed by atoms with E-state index in [-0.39, 0.29) is 18.7 Å². The van der Waals surface area contributed by atoms with Crippen LogP contribution in [0.4, 0.5) is 6.01 Å². The second kappa shape index (κ2) is 8.09. The van der Waals surface area contributed by atoms with Gasteiger partial charge in [-0.15, -0.1) is 5.10 Å². The molecule has 9 nitrogen and oxygen atoms in total. The van der Waals surface area contributed by atoms with Gasteiger partial charge in [-0.2, -0.15) is 0 Å². The molecule has 4 rings (SSSR count). The van der Waals surface area contributed by atoms with E-state index in [1.165, 1.54) is 0 Å². The van der Waals surface area contributed by atoms with Gasteiger partial charge in [-0.05, 0) is 50.2 Å². The van der Waals surface area contributed by atoms with E-state index in [1.807, 2.05) is 13.8 Å². The number of aromatic nitrogens is 2. The van der Waals surface area contributed by atoms with Crippen molar-refractivity contribution >= 4 is 11.9 Å². The molecule has 0 fully saturated rings. The highest BCUT2D eigenvalue weighted by atomic mass is 16.7. The molecule has 0 saturated carbocycles. The summed E-state index contributed by atoms with van der Waals surface area (Å²) in [6, 6.07) is 10.2. The molecule has 150 valence electrons. The fourth-order valence-electron chi connectivity index (χ4n) is 2.78. The molecule has 0 saturated heterocycles. The molecule has 1 aromatic heterocycles. The van der Waals surface area contributed by atoms with Crippen LogP contribution < -0.4 is 24.3 Å². The average Bonchev–Trinajstić information content (AvgIpc) is 3.38. The summed E-state index contributed by atoms with van der Waals surface area (Å²) in [6.45, 7) is 4.86. The van der Waals surface area contributed by atoms with Crippen molar-refractivity contribution in [2.45, 2.75) is 13.8 Å². The van der Waals surface area contributed by atoms with E-state index < -0.39 is 5.91 Å². The lowest BCUT2D eigenvalue weighted by molar-refractivity contribution is 0.102. The number of hydrogen-bond donors (Lipinski definition) is 1. The van der Waals surface area contributed by atoms with Gasteiger partial charge < -0.3 is 23.4 Å². The zero-order valence-corrected chi connectivity index (χ0v) is 15.9. The van der Waals surface area contributed by atoms with Crippen LogP contribution in [0.2, 0.25) is 0 Å². The SMILES string of the molecule is CCOc1ccc(C(=O)Nc2nnc(-c3ccc4c(c3)OCO4)o2)cc1OCC. The summed E-state index contributed by atoms with van der Waals surface area (Å²) in [5, 5.41) is 10.4. The first-order chi connectivity index (χ1) is 14.2. The molecule has 0 aliphatic carbocycles. The van der Waals surface area contributed by atoms with Gasteiger partial charge >= 0.3 is 6.01 Å². The maximum Gasteiger partial charge on any atom is 0.322 e. The summed E-state index contributed by atoms with van der Waals surface area (Å²) in [5.41, 5.74) is 1.03. The molecule has 0 radical (unpaired) electrons. The highest BCUT2D eigenvalue weighted by molar-refractivity contribution is 6.03. The second-order valence-corrected chi connectivity index (χ2v) is 5.96. The molecular weight excluding hydrogens is 378 g/mol. The standard InChI is InChI=1S/C20H19N3O6/c1-3-25-14-7-5-12(9-16(14)26-4-2)18(24)21-20-23-22-19(29-20)13-6-8-15-17(10-13)28-11-27-15/h5-10H,3-4,11H2,1-2H3,(H,21,23,24). The third-order valence-electron chi connectivity index (χ3n) is 4.07. The molecule has 1 aliphatic heterocycles. The monoisotopic (exact) mass is 397 g/mol. The number of nitrogens with zero attached hydrogens (tertiary/aromatic N) is 2. The summed E-state index contributed by atoms with van der Waals surface area (Å²) in [7, 11) is 0. The molecule has 1 N–H and O–H groups in total. The third kappa shape index (κ3) is 3.93. The van der Waals surface area contributed by atoms with Crippen LogP contribution in [0.3, 0.4) is 0 Å². The zero-order valence-electron chi connectivity index (χ0n) is 15.9. The van der Waals surface area contributed by atoms with Crippen molar-refractivity contribution in [1.29, 1.82) is 0 Å². The first kappa shape index (κ1) is 18.6. The Balaban J connectivity index is 1.50. The number of anilines is 1. The average molecular weight is 397 g/mol. The minimum absolute atomic E-state index is 0.0190. The predicted octanol–water partition coefficient (Wildman–Crippen LogP) is 3.52. The van der Waals surface area contributed by atoms with Gasteiger partial charge in [-0.1, -0.05) is 5.10 Å². The summed E-state index contributed by atoms with van der Waals surface area (Å²) >= 11 is 0. The number of ether oxygens (including phenoxy) is 4. The molecule has 0 unspecified atom stereocenters. The van der Waals surface area contributed by atoms with Crippen LogP contribution in [0.5, 0.6) is 23.0 Å². The number of benzene rings is 2. The molecule has 1 aliphatic rings. The molecule has 2 heterocycles. The maximum atomic E-state index is 12.6. The fraction of sp³-hybridized carbons (Fsp3) is 0.250. The van der Waals surface area contributed by atoms with E-state index in [0.29, 0.717) is 47.3 Å². The van der Waals surface area contributed by atoms with Gasteiger partial charge in [0.2, 0.25) is 12.7 Å². The van der Waals surface area contributed by atoms with E-state index in [2.05, 4.69) is 15.5 Å². The molecular formula is C20H19N3O6. The lowest BCUT2D eigenvalue weighted by atomic mass is 10.2. The number of hydrogen-bond acceptors (Lipinski definition) is 8.